The highest BCUT2D eigenvalue weighted by molar-refractivity contribution is 6.03. The molecule has 0 spiro atoms. The second kappa shape index (κ2) is 6.43. The summed E-state index contributed by atoms with van der Waals surface area (Å²) in [5.74, 6) is -2.37. The number of hydrogen-bond acceptors (Lipinski definition) is 6. The van der Waals surface area contributed by atoms with Gasteiger partial charge in [-0.1, -0.05) is 6.07 Å². The van der Waals surface area contributed by atoms with Gasteiger partial charge in [0.1, 0.15) is 23.3 Å². The van der Waals surface area contributed by atoms with Crippen molar-refractivity contribution in [2.75, 3.05) is 6.61 Å². The molecule has 104 valence electrons. The third-order valence-electron chi connectivity index (χ3n) is 2.60. The number of nitro groups is 1. The van der Waals surface area contributed by atoms with Crippen molar-refractivity contribution in [3.8, 4) is 6.07 Å². The maximum absolute atomic E-state index is 11.7. The van der Waals surface area contributed by atoms with Crippen molar-refractivity contribution < 1.29 is 19.2 Å². The van der Waals surface area contributed by atoms with Crippen LogP contribution in [0, 0.1) is 21.4 Å². The van der Waals surface area contributed by atoms with Gasteiger partial charge in [-0.05, 0) is 25.5 Å². The van der Waals surface area contributed by atoms with E-state index < -0.39 is 22.6 Å². The van der Waals surface area contributed by atoms with Crippen molar-refractivity contribution in [3.05, 3.63) is 39.4 Å². The Bertz CT molecular complexity index is 603. The highest BCUT2D eigenvalue weighted by Crippen LogP contribution is 2.25. The summed E-state index contributed by atoms with van der Waals surface area (Å²) in [6.45, 7) is 2.93. The van der Waals surface area contributed by atoms with Crippen LogP contribution in [-0.2, 0) is 14.3 Å². The van der Waals surface area contributed by atoms with Gasteiger partial charge in [-0.2, -0.15) is 5.26 Å². The molecule has 0 N–H and O–H groups in total. The monoisotopic (exact) mass is 276 g/mol. The quantitative estimate of drug-likeness (QED) is 0.350. The van der Waals surface area contributed by atoms with Gasteiger partial charge in [0.25, 0.3) is 5.69 Å². The summed E-state index contributed by atoms with van der Waals surface area (Å²) in [6.07, 6.45) is 0. The van der Waals surface area contributed by atoms with Crippen LogP contribution in [0.5, 0.6) is 0 Å². The molecule has 7 heteroatoms. The predicted octanol–water partition coefficient (Wildman–Crippen LogP) is 1.70. The van der Waals surface area contributed by atoms with Crippen LogP contribution < -0.4 is 0 Å². The Hall–Kier alpha value is -2.75. The minimum Gasteiger partial charge on any atom is -0.465 e. The van der Waals surface area contributed by atoms with E-state index in [-0.39, 0.29) is 23.4 Å². The van der Waals surface area contributed by atoms with E-state index >= 15 is 0 Å². The third-order valence-corrected chi connectivity index (χ3v) is 2.60. The lowest BCUT2D eigenvalue weighted by Crippen LogP contribution is -2.22. The lowest BCUT2D eigenvalue weighted by Gasteiger charge is -2.13. The van der Waals surface area contributed by atoms with E-state index in [1.54, 1.807) is 13.0 Å². The molecule has 0 radical (unpaired) electrons. The minimum absolute atomic E-state index is 0.112. The summed E-state index contributed by atoms with van der Waals surface area (Å²) in [5, 5.41) is 19.6. The molecule has 0 fully saturated rings. The van der Waals surface area contributed by atoms with Crippen LogP contribution in [0.15, 0.2) is 18.2 Å². The summed E-state index contributed by atoms with van der Waals surface area (Å²) in [4.78, 5) is 33.3. The zero-order valence-corrected chi connectivity index (χ0v) is 11.0. The van der Waals surface area contributed by atoms with Crippen LogP contribution >= 0.6 is 0 Å². The number of carbonyl (C=O) groups excluding carboxylic acids is 2. The molecular formula is C13H12N2O5. The SMILES string of the molecule is CCOC(=O)C(C(C)=O)c1ccc([N+](=O)[O-])c(C#N)c1. The van der Waals surface area contributed by atoms with E-state index in [4.69, 9.17) is 10.00 Å². The average Bonchev–Trinajstić information content (AvgIpc) is 2.38. The van der Waals surface area contributed by atoms with Gasteiger partial charge >= 0.3 is 5.97 Å². The van der Waals surface area contributed by atoms with E-state index in [9.17, 15) is 19.7 Å². The molecular weight excluding hydrogens is 264 g/mol. The van der Waals surface area contributed by atoms with Crippen LogP contribution in [0.1, 0.15) is 30.9 Å². The lowest BCUT2D eigenvalue weighted by atomic mass is 9.93. The number of ketones is 1. The number of benzene rings is 1. The van der Waals surface area contributed by atoms with E-state index in [1.165, 1.54) is 19.1 Å². The molecule has 1 aromatic carbocycles. The predicted molar refractivity (Wildman–Crippen MR) is 67.9 cm³/mol. The maximum atomic E-state index is 11.7. The minimum atomic E-state index is -1.18. The first-order valence-electron chi connectivity index (χ1n) is 5.77. The van der Waals surface area contributed by atoms with E-state index in [0.717, 1.165) is 6.07 Å². The van der Waals surface area contributed by atoms with Crippen molar-refractivity contribution in [1.82, 2.24) is 0 Å². The Kier molecular flexibility index (Phi) is 4.92. The van der Waals surface area contributed by atoms with Crippen molar-refractivity contribution >= 4 is 17.4 Å². The highest BCUT2D eigenvalue weighted by Gasteiger charge is 2.28. The number of Topliss-reactive ketones (excluding diaryl/α,β-unsaturated/α-hetero) is 1. The molecule has 0 aliphatic carbocycles. The smallest absolute Gasteiger partial charge is 0.320 e. The van der Waals surface area contributed by atoms with Crippen molar-refractivity contribution in [2.45, 2.75) is 19.8 Å². The molecule has 20 heavy (non-hydrogen) atoms. The van der Waals surface area contributed by atoms with E-state index in [1.807, 2.05) is 0 Å². The first-order chi connectivity index (χ1) is 9.42. The van der Waals surface area contributed by atoms with Crippen molar-refractivity contribution in [2.24, 2.45) is 0 Å². The van der Waals surface area contributed by atoms with E-state index in [0.29, 0.717) is 0 Å². The lowest BCUT2D eigenvalue weighted by molar-refractivity contribution is -0.385. The van der Waals surface area contributed by atoms with Gasteiger partial charge in [-0.15, -0.1) is 0 Å². The van der Waals surface area contributed by atoms with Gasteiger partial charge in [0.2, 0.25) is 0 Å². The molecule has 0 heterocycles. The fraction of sp³-hybridized carbons (Fsp3) is 0.308. The second-order valence-electron chi connectivity index (χ2n) is 3.94. The summed E-state index contributed by atoms with van der Waals surface area (Å²) >= 11 is 0. The topological polar surface area (TPSA) is 110 Å². The van der Waals surface area contributed by atoms with Crippen LogP contribution in [0.4, 0.5) is 5.69 Å². The fourth-order valence-corrected chi connectivity index (χ4v) is 1.74. The summed E-state index contributed by atoms with van der Waals surface area (Å²) < 4.78 is 4.79. The molecule has 0 bridgehead atoms. The zero-order valence-electron chi connectivity index (χ0n) is 11.0. The van der Waals surface area contributed by atoms with Crippen LogP contribution in [0.3, 0.4) is 0 Å². The molecule has 1 atom stereocenters. The largest absolute Gasteiger partial charge is 0.465 e. The number of hydrogen-bond donors (Lipinski definition) is 0. The molecule has 0 aliphatic heterocycles. The summed E-state index contributed by atoms with van der Waals surface area (Å²) in [6, 6.07) is 5.22. The molecule has 0 aliphatic rings. The van der Waals surface area contributed by atoms with Gasteiger partial charge < -0.3 is 4.74 Å². The number of nitrogens with zero attached hydrogens (tertiary/aromatic N) is 2. The molecule has 0 saturated heterocycles. The molecule has 1 unspecified atom stereocenters. The van der Waals surface area contributed by atoms with Gasteiger partial charge in [0, 0.05) is 6.07 Å². The number of esters is 1. The molecule has 7 nitrogen and oxygen atoms in total. The van der Waals surface area contributed by atoms with Crippen LogP contribution in [-0.4, -0.2) is 23.3 Å². The first-order valence-corrected chi connectivity index (χ1v) is 5.77. The average molecular weight is 276 g/mol. The summed E-state index contributed by atoms with van der Waals surface area (Å²) in [5.41, 5.74) is -0.372. The maximum Gasteiger partial charge on any atom is 0.320 e. The second-order valence-corrected chi connectivity index (χ2v) is 3.94. The molecule has 0 aromatic heterocycles. The van der Waals surface area contributed by atoms with Gasteiger partial charge in [-0.25, -0.2) is 0 Å². The molecule has 0 amide bonds. The molecule has 1 aromatic rings. The third kappa shape index (κ3) is 3.17. The Morgan fingerprint density at radius 2 is 2.15 bits per heavy atom. The number of rotatable bonds is 5. The standard InChI is InChI=1S/C13H12N2O5/c1-3-20-13(17)12(8(2)16)9-4-5-11(15(18)19)10(6-9)7-14/h4-6,12H,3H2,1-2H3. The number of ether oxygens (including phenoxy) is 1. The van der Waals surface area contributed by atoms with Crippen molar-refractivity contribution in [3.63, 3.8) is 0 Å². The Morgan fingerprint density at radius 1 is 1.50 bits per heavy atom. The normalized spacial score (nSPS) is 11.2. The highest BCUT2D eigenvalue weighted by atomic mass is 16.6. The van der Waals surface area contributed by atoms with Crippen LogP contribution in [0.2, 0.25) is 0 Å². The van der Waals surface area contributed by atoms with Crippen LogP contribution in [0.25, 0.3) is 0 Å². The zero-order chi connectivity index (χ0) is 15.3. The Morgan fingerprint density at radius 3 is 2.60 bits per heavy atom. The fourth-order valence-electron chi connectivity index (χ4n) is 1.74. The van der Waals surface area contributed by atoms with Gasteiger partial charge in [0.05, 0.1) is 11.5 Å². The Labute approximate surface area is 114 Å². The number of carbonyl (C=O) groups is 2. The molecule has 0 saturated carbocycles. The first kappa shape index (κ1) is 15.3. The Balaban J connectivity index is 3.30. The number of nitro benzene ring substituents is 1. The van der Waals surface area contributed by atoms with Crippen molar-refractivity contribution in [1.29, 1.82) is 5.26 Å². The van der Waals surface area contributed by atoms with E-state index in [2.05, 4.69) is 0 Å². The summed E-state index contributed by atoms with van der Waals surface area (Å²) in [7, 11) is 0. The van der Waals surface area contributed by atoms with Gasteiger partial charge in [0.15, 0.2) is 0 Å². The number of nitriles is 1. The molecule has 1 rings (SSSR count). The van der Waals surface area contributed by atoms with Gasteiger partial charge in [-0.3, -0.25) is 19.7 Å².